The Morgan fingerprint density at radius 1 is 1.08 bits per heavy atom. The summed E-state index contributed by atoms with van der Waals surface area (Å²) in [6.45, 7) is 1.06. The Kier molecular flexibility index (Phi) is 7.52. The molecule has 38 heavy (non-hydrogen) atoms. The van der Waals surface area contributed by atoms with Crippen molar-refractivity contribution in [1.82, 2.24) is 25.1 Å². The van der Waals surface area contributed by atoms with Crippen molar-refractivity contribution in [3.63, 3.8) is 0 Å². The number of anilines is 1. The summed E-state index contributed by atoms with van der Waals surface area (Å²) in [5.74, 6) is -0.412. The van der Waals surface area contributed by atoms with E-state index in [0.29, 0.717) is 40.9 Å². The molecule has 11 heteroatoms. The van der Waals surface area contributed by atoms with E-state index in [4.69, 9.17) is 17.3 Å². The molecule has 0 radical (unpaired) electrons. The van der Waals surface area contributed by atoms with Crippen LogP contribution in [-0.2, 0) is 22.6 Å². The third-order valence-corrected chi connectivity index (χ3v) is 7.66. The van der Waals surface area contributed by atoms with Gasteiger partial charge in [0.05, 0.1) is 16.4 Å². The Morgan fingerprint density at radius 2 is 1.89 bits per heavy atom. The monoisotopic (exact) mass is 548 g/mol. The molecule has 9 nitrogen and oxygen atoms in total. The highest BCUT2D eigenvalue weighted by atomic mass is 35.5. The maximum atomic E-state index is 13.6. The number of carbonyl (C=O) groups is 3. The van der Waals surface area contributed by atoms with Gasteiger partial charge in [-0.3, -0.25) is 14.4 Å². The van der Waals surface area contributed by atoms with E-state index in [1.54, 1.807) is 35.2 Å². The van der Waals surface area contributed by atoms with E-state index in [1.807, 2.05) is 30.3 Å². The molecule has 1 saturated heterocycles. The number of amides is 3. The van der Waals surface area contributed by atoms with Crippen LogP contribution in [0.15, 0.2) is 67.0 Å². The first-order valence-corrected chi connectivity index (χ1v) is 13.2. The minimum atomic E-state index is -0.831. The van der Waals surface area contributed by atoms with Gasteiger partial charge in [-0.1, -0.05) is 35.9 Å². The third kappa shape index (κ3) is 5.76. The third-order valence-electron chi connectivity index (χ3n) is 6.41. The Morgan fingerprint density at radius 3 is 2.63 bits per heavy atom. The molecule has 5 rings (SSSR count). The lowest BCUT2D eigenvalue weighted by molar-refractivity contribution is -0.146. The second-order valence-electron chi connectivity index (χ2n) is 8.99. The van der Waals surface area contributed by atoms with E-state index < -0.39 is 6.04 Å². The number of aromatic nitrogens is 2. The predicted octanol–water partition coefficient (Wildman–Crippen LogP) is 3.14. The van der Waals surface area contributed by atoms with Gasteiger partial charge in [0.2, 0.25) is 11.8 Å². The van der Waals surface area contributed by atoms with Crippen LogP contribution in [0.3, 0.4) is 0 Å². The van der Waals surface area contributed by atoms with Gasteiger partial charge >= 0.3 is 0 Å². The molecule has 3 heterocycles. The molecule has 3 amide bonds. The van der Waals surface area contributed by atoms with Gasteiger partial charge in [0, 0.05) is 41.9 Å². The van der Waals surface area contributed by atoms with E-state index in [-0.39, 0.29) is 30.7 Å². The van der Waals surface area contributed by atoms with Gasteiger partial charge in [-0.2, -0.15) is 0 Å². The van der Waals surface area contributed by atoms with Gasteiger partial charge in [0.15, 0.2) is 0 Å². The van der Waals surface area contributed by atoms with Crippen LogP contribution in [0, 0.1) is 0 Å². The lowest BCUT2D eigenvalue weighted by Gasteiger charge is -2.36. The van der Waals surface area contributed by atoms with Crippen molar-refractivity contribution in [3.8, 4) is 0 Å². The van der Waals surface area contributed by atoms with E-state index in [9.17, 15) is 14.4 Å². The van der Waals surface area contributed by atoms with E-state index in [0.717, 1.165) is 15.8 Å². The quantitative estimate of drug-likeness (QED) is 0.366. The molecule has 3 N–H and O–H groups in total. The summed E-state index contributed by atoms with van der Waals surface area (Å²) >= 11 is 7.45. The Bertz CT molecular complexity index is 1490. The molecule has 1 aliphatic rings. The predicted molar refractivity (Wildman–Crippen MR) is 147 cm³/mol. The van der Waals surface area contributed by atoms with Crippen LogP contribution in [0.5, 0.6) is 0 Å². The Balaban J connectivity index is 1.27. The van der Waals surface area contributed by atoms with Gasteiger partial charge in [0.1, 0.15) is 18.2 Å². The summed E-state index contributed by atoms with van der Waals surface area (Å²) in [5.41, 5.74) is 7.98. The van der Waals surface area contributed by atoms with E-state index >= 15 is 0 Å². The normalized spacial score (nSPS) is 14.5. The van der Waals surface area contributed by atoms with Crippen molar-refractivity contribution in [3.05, 3.63) is 87.3 Å². The standard InChI is InChI=1S/C27H25ClN6O3S/c28-23-9-7-19(38-23)13-22(32-26(36)18-4-2-1-3-5-18)27(37)34-11-10-33(24(35)15-34)14-17-6-8-20-21(12-17)30-16-31-25(20)29/h1-9,12,16,22H,10-11,13-15H2,(H,32,36)(H2,29,30,31). The second kappa shape index (κ2) is 11.2. The molecular formula is C27H25ClN6O3S. The molecule has 1 aliphatic heterocycles. The average molecular weight is 549 g/mol. The highest BCUT2D eigenvalue weighted by Crippen LogP contribution is 2.24. The van der Waals surface area contributed by atoms with E-state index in [1.165, 1.54) is 22.6 Å². The number of rotatable bonds is 7. The zero-order valence-corrected chi connectivity index (χ0v) is 21.9. The number of nitrogens with zero attached hydrogens (tertiary/aromatic N) is 4. The first kappa shape index (κ1) is 25.6. The molecule has 1 unspecified atom stereocenters. The summed E-state index contributed by atoms with van der Waals surface area (Å²) in [7, 11) is 0. The van der Waals surface area contributed by atoms with Crippen LogP contribution >= 0.6 is 22.9 Å². The summed E-state index contributed by atoms with van der Waals surface area (Å²) in [4.78, 5) is 51.8. The van der Waals surface area contributed by atoms with E-state index in [2.05, 4.69) is 15.3 Å². The van der Waals surface area contributed by atoms with Crippen LogP contribution < -0.4 is 11.1 Å². The molecule has 1 atom stereocenters. The van der Waals surface area contributed by atoms with Crippen molar-refractivity contribution in [1.29, 1.82) is 0 Å². The van der Waals surface area contributed by atoms with Gasteiger partial charge in [0.25, 0.3) is 5.91 Å². The maximum Gasteiger partial charge on any atom is 0.251 e. The molecule has 0 saturated carbocycles. The van der Waals surface area contributed by atoms with Gasteiger partial charge in [-0.15, -0.1) is 11.3 Å². The molecule has 4 aromatic rings. The van der Waals surface area contributed by atoms with Gasteiger partial charge < -0.3 is 20.9 Å². The van der Waals surface area contributed by atoms with Crippen LogP contribution in [0.1, 0.15) is 20.8 Å². The first-order valence-electron chi connectivity index (χ1n) is 12.0. The first-order chi connectivity index (χ1) is 18.4. The minimum absolute atomic E-state index is 0.0650. The van der Waals surface area contributed by atoms with Crippen LogP contribution in [0.2, 0.25) is 4.34 Å². The number of halogens is 1. The number of thiophene rings is 1. The number of nitrogen functional groups attached to an aromatic ring is 1. The molecule has 0 aliphatic carbocycles. The molecule has 2 aromatic heterocycles. The number of nitrogens with one attached hydrogen (secondary N) is 1. The number of carbonyl (C=O) groups excluding carboxylic acids is 3. The molecule has 0 bridgehead atoms. The Labute approximate surface area is 228 Å². The van der Waals surface area contributed by atoms with Crippen LogP contribution in [0.4, 0.5) is 5.82 Å². The number of piperazine rings is 1. The SMILES string of the molecule is Nc1ncnc2cc(CN3CCN(C(=O)C(Cc4ccc(Cl)s4)NC(=O)c4ccccc4)CC3=O)ccc12. The maximum absolute atomic E-state index is 13.6. The van der Waals surface area contributed by atoms with Crippen LogP contribution in [0.25, 0.3) is 10.9 Å². The summed E-state index contributed by atoms with van der Waals surface area (Å²) in [6.07, 6.45) is 1.69. The lowest BCUT2D eigenvalue weighted by atomic mass is 10.1. The fourth-order valence-electron chi connectivity index (χ4n) is 4.42. The van der Waals surface area contributed by atoms with Crippen molar-refractivity contribution in [2.75, 3.05) is 25.4 Å². The molecule has 2 aromatic carbocycles. The fourth-order valence-corrected chi connectivity index (χ4v) is 5.55. The average Bonchev–Trinajstić information content (AvgIpc) is 3.34. The molecule has 194 valence electrons. The highest BCUT2D eigenvalue weighted by Gasteiger charge is 2.32. The van der Waals surface area contributed by atoms with Gasteiger partial charge in [-0.05, 0) is 42.0 Å². The molecular weight excluding hydrogens is 524 g/mol. The number of hydrogen-bond donors (Lipinski definition) is 2. The topological polar surface area (TPSA) is 122 Å². The molecule has 1 fully saturated rings. The zero-order valence-electron chi connectivity index (χ0n) is 20.3. The fraction of sp³-hybridized carbons (Fsp3) is 0.222. The number of hydrogen-bond acceptors (Lipinski definition) is 7. The summed E-state index contributed by atoms with van der Waals surface area (Å²) in [6, 6.07) is 17.1. The van der Waals surface area contributed by atoms with Gasteiger partial charge in [-0.25, -0.2) is 9.97 Å². The molecule has 0 spiro atoms. The van der Waals surface area contributed by atoms with Crippen LogP contribution in [-0.4, -0.2) is 63.2 Å². The zero-order chi connectivity index (χ0) is 26.6. The number of fused-ring (bicyclic) bond motifs is 1. The number of benzene rings is 2. The van der Waals surface area contributed by atoms with Crippen molar-refractivity contribution in [2.24, 2.45) is 0 Å². The second-order valence-corrected chi connectivity index (χ2v) is 10.8. The largest absolute Gasteiger partial charge is 0.383 e. The van der Waals surface area contributed by atoms with Crippen molar-refractivity contribution in [2.45, 2.75) is 19.0 Å². The lowest BCUT2D eigenvalue weighted by Crippen LogP contribution is -2.57. The Hall–Kier alpha value is -4.02. The summed E-state index contributed by atoms with van der Waals surface area (Å²) < 4.78 is 0.604. The van der Waals surface area contributed by atoms with Crippen molar-refractivity contribution < 1.29 is 14.4 Å². The van der Waals surface area contributed by atoms with Crippen molar-refractivity contribution >= 4 is 57.4 Å². The number of nitrogens with two attached hydrogens (primary N) is 1. The highest BCUT2D eigenvalue weighted by molar-refractivity contribution is 7.16. The summed E-state index contributed by atoms with van der Waals surface area (Å²) in [5, 5.41) is 3.62. The smallest absolute Gasteiger partial charge is 0.251 e. The minimum Gasteiger partial charge on any atom is -0.383 e.